The maximum atomic E-state index is 11.5. The van der Waals surface area contributed by atoms with Gasteiger partial charge in [0.1, 0.15) is 11.5 Å². The van der Waals surface area contributed by atoms with Gasteiger partial charge in [-0.2, -0.15) is 0 Å². The average Bonchev–Trinajstić information content (AvgIpc) is 3.45. The topological polar surface area (TPSA) is 86.7 Å². The van der Waals surface area contributed by atoms with E-state index in [9.17, 15) is 4.79 Å². The average molecular weight is 409 g/mol. The molecule has 6 heteroatoms. The van der Waals surface area contributed by atoms with Crippen LogP contribution in [0.25, 0.3) is 33.5 Å². The monoisotopic (exact) mass is 409 g/mol. The molecule has 154 valence electrons. The van der Waals surface area contributed by atoms with Crippen molar-refractivity contribution in [1.29, 1.82) is 0 Å². The zero-order chi connectivity index (χ0) is 21.1. The highest BCUT2D eigenvalue weighted by Crippen LogP contribution is 2.53. The van der Waals surface area contributed by atoms with Gasteiger partial charge in [-0.3, -0.25) is 14.8 Å². The van der Waals surface area contributed by atoms with E-state index in [1.165, 1.54) is 25.1 Å². The van der Waals surface area contributed by atoms with E-state index >= 15 is 0 Å². The van der Waals surface area contributed by atoms with Crippen LogP contribution in [0.4, 0.5) is 0 Å². The zero-order valence-electron chi connectivity index (χ0n) is 17.4. The molecule has 1 fully saturated rings. The third kappa shape index (κ3) is 2.86. The van der Waals surface area contributed by atoms with E-state index in [-0.39, 0.29) is 12.3 Å². The van der Waals surface area contributed by atoms with Crippen molar-refractivity contribution in [3.8, 4) is 22.6 Å². The van der Waals surface area contributed by atoms with Crippen molar-refractivity contribution in [2.45, 2.75) is 44.6 Å². The molecule has 6 nitrogen and oxygen atoms in total. The second-order valence-electron chi connectivity index (χ2n) is 8.72. The molecule has 0 saturated heterocycles. The molecule has 2 N–H and O–H groups in total. The van der Waals surface area contributed by atoms with Gasteiger partial charge in [0.15, 0.2) is 0 Å². The number of primary amides is 1. The molecule has 2 unspecified atom stereocenters. The fourth-order valence-corrected chi connectivity index (χ4v) is 5.36. The van der Waals surface area contributed by atoms with E-state index in [4.69, 9.17) is 15.7 Å². The molecule has 4 heterocycles. The number of benzene rings is 1. The minimum Gasteiger partial charge on any atom is -0.369 e. The van der Waals surface area contributed by atoms with Gasteiger partial charge in [-0.05, 0) is 62.1 Å². The molecule has 0 spiro atoms. The lowest BCUT2D eigenvalue weighted by Gasteiger charge is -2.18. The quantitative estimate of drug-likeness (QED) is 0.544. The second kappa shape index (κ2) is 6.74. The first-order valence-electron chi connectivity index (χ1n) is 10.8. The number of nitrogens with zero attached hydrogens (tertiary/aromatic N) is 4. The molecule has 1 aliphatic carbocycles. The van der Waals surface area contributed by atoms with Crippen molar-refractivity contribution < 1.29 is 4.79 Å². The molecule has 31 heavy (non-hydrogen) atoms. The van der Waals surface area contributed by atoms with Gasteiger partial charge in [0.05, 0.1) is 23.3 Å². The number of carbonyl (C=O) groups is 1. The van der Waals surface area contributed by atoms with E-state index in [1.807, 2.05) is 49.5 Å². The van der Waals surface area contributed by atoms with Gasteiger partial charge in [-0.15, -0.1) is 0 Å². The molecule has 1 aliphatic heterocycles. The molecule has 2 bridgehead atoms. The molecule has 1 aromatic carbocycles. The minimum absolute atomic E-state index is 0.214. The lowest BCUT2D eigenvalue weighted by Crippen LogP contribution is -2.13. The Balaban J connectivity index is 1.64. The van der Waals surface area contributed by atoms with E-state index < -0.39 is 0 Å². The number of nitrogens with two attached hydrogens (primary N) is 1. The van der Waals surface area contributed by atoms with Crippen LogP contribution in [-0.2, 0) is 11.2 Å². The predicted octanol–water partition coefficient (Wildman–Crippen LogP) is 4.32. The number of pyridine rings is 2. The summed E-state index contributed by atoms with van der Waals surface area (Å²) in [7, 11) is 0. The van der Waals surface area contributed by atoms with Crippen LogP contribution in [0.3, 0.4) is 0 Å². The number of imidazole rings is 1. The SMILES string of the molecule is Cc1cccc(-c2nc3n(c2-c2ccnc4ccc(CC(N)=O)cc24)C2CCC3C2)n1. The highest BCUT2D eigenvalue weighted by molar-refractivity contribution is 5.97. The maximum absolute atomic E-state index is 11.5. The summed E-state index contributed by atoms with van der Waals surface area (Å²) >= 11 is 0. The van der Waals surface area contributed by atoms with E-state index in [1.54, 1.807) is 0 Å². The van der Waals surface area contributed by atoms with Crippen molar-refractivity contribution >= 4 is 16.8 Å². The van der Waals surface area contributed by atoms with E-state index in [2.05, 4.69) is 15.6 Å². The Hall–Kier alpha value is -3.54. The summed E-state index contributed by atoms with van der Waals surface area (Å²) in [6.45, 7) is 2.01. The molecule has 6 rings (SSSR count). The smallest absolute Gasteiger partial charge is 0.221 e. The molecule has 2 atom stereocenters. The van der Waals surface area contributed by atoms with Gasteiger partial charge in [-0.1, -0.05) is 12.1 Å². The third-order valence-corrected chi connectivity index (χ3v) is 6.64. The Labute approximate surface area is 180 Å². The molecule has 2 aliphatic rings. The molecular formula is C25H23N5O. The number of amides is 1. The Bertz CT molecular complexity index is 1360. The minimum atomic E-state index is -0.336. The predicted molar refractivity (Wildman–Crippen MR) is 119 cm³/mol. The summed E-state index contributed by atoms with van der Waals surface area (Å²) in [4.78, 5) is 26.0. The fourth-order valence-electron chi connectivity index (χ4n) is 5.36. The summed E-state index contributed by atoms with van der Waals surface area (Å²) in [5.41, 5.74) is 12.2. The normalized spacial score (nSPS) is 19.1. The third-order valence-electron chi connectivity index (χ3n) is 6.64. The van der Waals surface area contributed by atoms with Crippen LogP contribution in [-0.4, -0.2) is 25.4 Å². The first-order chi connectivity index (χ1) is 15.1. The summed E-state index contributed by atoms with van der Waals surface area (Å²) < 4.78 is 2.45. The number of fused-ring (bicyclic) bond motifs is 6. The molecule has 3 aromatic heterocycles. The standard InChI is InChI=1S/C25H23N5O/c1-14-3-2-4-21(28-14)23-24(30-17-7-6-16(13-17)25(30)29-23)18-9-10-27-20-8-5-15(11-19(18)20)12-22(26)31/h2-5,8-11,16-17H,6-7,12-13H2,1H3,(H2,26,31). The van der Waals surface area contributed by atoms with Gasteiger partial charge >= 0.3 is 0 Å². The van der Waals surface area contributed by atoms with Crippen molar-refractivity contribution in [1.82, 2.24) is 19.5 Å². The summed E-state index contributed by atoms with van der Waals surface area (Å²) in [5, 5.41) is 1.01. The van der Waals surface area contributed by atoms with Crippen molar-refractivity contribution in [3.05, 3.63) is 65.7 Å². The Kier molecular flexibility index (Phi) is 3.96. The van der Waals surface area contributed by atoms with Crippen LogP contribution in [0.1, 0.15) is 48.3 Å². The van der Waals surface area contributed by atoms with Crippen LogP contribution in [0, 0.1) is 6.92 Å². The van der Waals surface area contributed by atoms with Crippen molar-refractivity contribution in [2.24, 2.45) is 5.73 Å². The Morgan fingerprint density at radius 3 is 2.90 bits per heavy atom. The van der Waals surface area contributed by atoms with Gasteiger partial charge in [0.25, 0.3) is 0 Å². The van der Waals surface area contributed by atoms with Gasteiger partial charge in [-0.25, -0.2) is 4.98 Å². The molecule has 1 amide bonds. The zero-order valence-corrected chi connectivity index (χ0v) is 17.4. The van der Waals surface area contributed by atoms with E-state index in [0.717, 1.165) is 44.8 Å². The Morgan fingerprint density at radius 2 is 2.06 bits per heavy atom. The number of hydrogen-bond donors (Lipinski definition) is 1. The van der Waals surface area contributed by atoms with Crippen LogP contribution >= 0.6 is 0 Å². The van der Waals surface area contributed by atoms with Crippen molar-refractivity contribution in [2.75, 3.05) is 0 Å². The first-order valence-corrected chi connectivity index (χ1v) is 10.8. The van der Waals surface area contributed by atoms with Gasteiger partial charge < -0.3 is 10.3 Å². The fraction of sp³-hybridized carbons (Fsp3) is 0.280. The lowest BCUT2D eigenvalue weighted by atomic mass is 9.99. The number of aryl methyl sites for hydroxylation is 1. The maximum Gasteiger partial charge on any atom is 0.221 e. The summed E-state index contributed by atoms with van der Waals surface area (Å²) in [5.74, 6) is 1.38. The van der Waals surface area contributed by atoms with Crippen LogP contribution in [0.2, 0.25) is 0 Å². The van der Waals surface area contributed by atoms with Gasteiger partial charge in [0.2, 0.25) is 5.91 Å². The summed E-state index contributed by atoms with van der Waals surface area (Å²) in [6.07, 6.45) is 5.64. The molecular weight excluding hydrogens is 386 g/mol. The highest BCUT2D eigenvalue weighted by Gasteiger charge is 2.41. The number of carbonyl (C=O) groups excluding carboxylic acids is 1. The summed E-state index contributed by atoms with van der Waals surface area (Å²) in [6, 6.07) is 14.6. The molecule has 4 aromatic rings. The molecule has 0 radical (unpaired) electrons. The Morgan fingerprint density at radius 1 is 1.16 bits per heavy atom. The molecule has 1 saturated carbocycles. The van der Waals surface area contributed by atoms with Crippen LogP contribution in [0.15, 0.2) is 48.7 Å². The first kappa shape index (κ1) is 18.2. The number of hydrogen-bond acceptors (Lipinski definition) is 4. The number of aromatic nitrogens is 4. The number of rotatable bonds is 4. The lowest BCUT2D eigenvalue weighted by molar-refractivity contribution is -0.117. The second-order valence-corrected chi connectivity index (χ2v) is 8.72. The van der Waals surface area contributed by atoms with E-state index in [0.29, 0.717) is 12.0 Å². The van der Waals surface area contributed by atoms with Gasteiger partial charge in [0, 0.05) is 34.8 Å². The largest absolute Gasteiger partial charge is 0.369 e. The highest BCUT2D eigenvalue weighted by atomic mass is 16.1. The van der Waals surface area contributed by atoms with Crippen molar-refractivity contribution in [3.63, 3.8) is 0 Å². The van der Waals surface area contributed by atoms with Crippen LogP contribution in [0.5, 0.6) is 0 Å². The van der Waals surface area contributed by atoms with Crippen LogP contribution < -0.4 is 5.73 Å².